The molecule has 0 saturated heterocycles. The van der Waals surface area contributed by atoms with Crippen LogP contribution in [0.25, 0.3) is 0 Å². The van der Waals surface area contributed by atoms with Crippen molar-refractivity contribution in [3.05, 3.63) is 28.2 Å². The Balaban J connectivity index is 2.29. The van der Waals surface area contributed by atoms with E-state index < -0.39 is 0 Å². The van der Waals surface area contributed by atoms with E-state index in [2.05, 4.69) is 34.1 Å². The Morgan fingerprint density at radius 1 is 1.54 bits per heavy atom. The molecule has 0 amide bonds. The molecule has 3 heteroatoms. The van der Waals surface area contributed by atoms with Crippen LogP contribution >= 0.6 is 27.7 Å². The molecule has 13 heavy (non-hydrogen) atoms. The van der Waals surface area contributed by atoms with Gasteiger partial charge < -0.3 is 5.73 Å². The first-order chi connectivity index (χ1) is 6.31. The van der Waals surface area contributed by atoms with Gasteiger partial charge in [0, 0.05) is 15.1 Å². The van der Waals surface area contributed by atoms with E-state index >= 15 is 0 Å². The Bertz CT molecular complexity index is 312. The summed E-state index contributed by atoms with van der Waals surface area (Å²) in [6.07, 6.45) is 1.11. The predicted molar refractivity (Wildman–Crippen MR) is 61.3 cm³/mol. The van der Waals surface area contributed by atoms with Crippen molar-refractivity contribution in [3.63, 3.8) is 0 Å². The van der Waals surface area contributed by atoms with Crippen LogP contribution < -0.4 is 5.73 Å². The van der Waals surface area contributed by atoms with Crippen molar-refractivity contribution in [2.24, 2.45) is 5.73 Å². The van der Waals surface area contributed by atoms with Gasteiger partial charge in [0.05, 0.1) is 0 Å². The highest BCUT2D eigenvalue weighted by Gasteiger charge is 2.22. The van der Waals surface area contributed by atoms with Crippen molar-refractivity contribution in [2.75, 3.05) is 12.3 Å². The number of hydrogen-bond acceptors (Lipinski definition) is 2. The van der Waals surface area contributed by atoms with E-state index in [4.69, 9.17) is 5.73 Å². The average Bonchev–Trinajstić information content (AvgIpc) is 2.49. The molecule has 1 nitrogen and oxygen atoms in total. The van der Waals surface area contributed by atoms with Crippen molar-refractivity contribution in [2.45, 2.75) is 17.2 Å². The molecule has 2 N–H and O–H groups in total. The van der Waals surface area contributed by atoms with Crippen molar-refractivity contribution in [3.8, 4) is 0 Å². The van der Waals surface area contributed by atoms with Crippen molar-refractivity contribution in [1.82, 2.24) is 0 Å². The summed E-state index contributed by atoms with van der Waals surface area (Å²) in [5, 5.41) is 0. The third-order valence-corrected chi connectivity index (χ3v) is 4.11. The van der Waals surface area contributed by atoms with Gasteiger partial charge in [0.25, 0.3) is 0 Å². The summed E-state index contributed by atoms with van der Waals surface area (Å²) in [4.78, 5) is 1.43. The summed E-state index contributed by atoms with van der Waals surface area (Å²) >= 11 is 5.45. The van der Waals surface area contributed by atoms with Crippen LogP contribution in [-0.4, -0.2) is 12.3 Å². The third-order valence-electron chi connectivity index (χ3n) is 2.37. The molecule has 70 valence electrons. The van der Waals surface area contributed by atoms with Crippen LogP contribution in [0.15, 0.2) is 27.6 Å². The number of thioether (sulfide) groups is 1. The molecule has 0 bridgehead atoms. The number of rotatable bonds is 2. The largest absolute Gasteiger partial charge is 0.330 e. The van der Waals surface area contributed by atoms with Crippen LogP contribution in [0, 0.1) is 0 Å². The topological polar surface area (TPSA) is 26.0 Å². The number of halogens is 1. The minimum Gasteiger partial charge on any atom is -0.330 e. The van der Waals surface area contributed by atoms with Crippen LogP contribution in [0.4, 0.5) is 0 Å². The maximum Gasteiger partial charge on any atom is 0.0178 e. The number of nitrogens with two attached hydrogens (primary N) is 1. The van der Waals surface area contributed by atoms with Crippen LogP contribution in [0.2, 0.25) is 0 Å². The van der Waals surface area contributed by atoms with Gasteiger partial charge >= 0.3 is 0 Å². The van der Waals surface area contributed by atoms with Crippen molar-refractivity contribution >= 4 is 27.7 Å². The lowest BCUT2D eigenvalue weighted by molar-refractivity contribution is 0.700. The highest BCUT2D eigenvalue weighted by atomic mass is 79.9. The van der Waals surface area contributed by atoms with Crippen molar-refractivity contribution < 1.29 is 0 Å². The molecule has 1 aromatic carbocycles. The van der Waals surface area contributed by atoms with E-state index in [1.807, 2.05) is 11.8 Å². The first kappa shape index (κ1) is 9.56. The molecule has 0 aliphatic carbocycles. The van der Waals surface area contributed by atoms with Gasteiger partial charge in [-0.3, -0.25) is 0 Å². The van der Waals surface area contributed by atoms with E-state index in [0.717, 1.165) is 13.0 Å². The van der Waals surface area contributed by atoms with Crippen LogP contribution in [-0.2, 0) is 0 Å². The lowest BCUT2D eigenvalue weighted by Crippen LogP contribution is -2.06. The maximum absolute atomic E-state index is 5.58. The zero-order valence-electron chi connectivity index (χ0n) is 7.29. The standard InChI is InChI=1S/C10H12BrNS/c11-8-1-2-10-9(5-8)7(3-4-12)6-13-10/h1-2,5,7H,3-4,6,12H2. The lowest BCUT2D eigenvalue weighted by atomic mass is 9.98. The molecule has 1 unspecified atom stereocenters. The second-order valence-corrected chi connectivity index (χ2v) is 5.24. The van der Waals surface area contributed by atoms with Crippen LogP contribution in [0.3, 0.4) is 0 Å². The Morgan fingerprint density at radius 2 is 2.38 bits per heavy atom. The molecule has 0 fully saturated rings. The molecule has 1 aliphatic rings. The molecule has 1 heterocycles. The predicted octanol–water partition coefficient (Wildman–Crippen LogP) is 2.99. The fourth-order valence-corrected chi connectivity index (χ4v) is 3.35. The van der Waals surface area contributed by atoms with Crippen LogP contribution in [0.5, 0.6) is 0 Å². The van der Waals surface area contributed by atoms with E-state index in [1.54, 1.807) is 0 Å². The summed E-state index contributed by atoms with van der Waals surface area (Å²) in [6.45, 7) is 0.789. The zero-order valence-corrected chi connectivity index (χ0v) is 9.70. The molecular weight excluding hydrogens is 246 g/mol. The molecule has 1 atom stereocenters. The lowest BCUT2D eigenvalue weighted by Gasteiger charge is -2.08. The Morgan fingerprint density at radius 3 is 3.15 bits per heavy atom. The molecule has 0 radical (unpaired) electrons. The smallest absolute Gasteiger partial charge is 0.0178 e. The third kappa shape index (κ3) is 1.92. The second kappa shape index (κ2) is 4.03. The highest BCUT2D eigenvalue weighted by Crippen LogP contribution is 2.41. The molecule has 1 aromatic rings. The monoisotopic (exact) mass is 257 g/mol. The minimum atomic E-state index is 0.669. The highest BCUT2D eigenvalue weighted by molar-refractivity contribution is 9.10. The van der Waals surface area contributed by atoms with Crippen LogP contribution in [0.1, 0.15) is 17.9 Å². The Kier molecular flexibility index (Phi) is 2.96. The number of hydrogen-bond donors (Lipinski definition) is 1. The van der Waals surface area contributed by atoms with Gasteiger partial charge in [-0.05, 0) is 42.6 Å². The summed E-state index contributed by atoms with van der Waals surface area (Å²) in [5.74, 6) is 1.87. The molecule has 0 spiro atoms. The summed E-state index contributed by atoms with van der Waals surface area (Å²) < 4.78 is 1.18. The average molecular weight is 258 g/mol. The van der Waals surface area contributed by atoms with E-state index in [-0.39, 0.29) is 0 Å². The van der Waals surface area contributed by atoms with E-state index in [0.29, 0.717) is 5.92 Å². The Labute approximate surface area is 91.2 Å². The van der Waals surface area contributed by atoms with Gasteiger partial charge in [0.15, 0.2) is 0 Å². The van der Waals surface area contributed by atoms with Gasteiger partial charge in [-0.25, -0.2) is 0 Å². The first-order valence-corrected chi connectivity index (χ1v) is 6.21. The van der Waals surface area contributed by atoms with Crippen molar-refractivity contribution in [1.29, 1.82) is 0 Å². The maximum atomic E-state index is 5.58. The van der Waals surface area contributed by atoms with Gasteiger partial charge in [-0.1, -0.05) is 15.9 Å². The molecule has 1 aliphatic heterocycles. The van der Waals surface area contributed by atoms with Gasteiger partial charge in [-0.15, -0.1) is 11.8 Å². The second-order valence-electron chi connectivity index (χ2n) is 3.27. The fraction of sp³-hybridized carbons (Fsp3) is 0.400. The minimum absolute atomic E-state index is 0.669. The Hall–Kier alpha value is 0.01000. The van der Waals surface area contributed by atoms with Gasteiger partial charge in [0.1, 0.15) is 0 Å². The molecule has 2 rings (SSSR count). The van der Waals surface area contributed by atoms with Gasteiger partial charge in [0.2, 0.25) is 0 Å². The molecule has 0 aromatic heterocycles. The fourth-order valence-electron chi connectivity index (χ4n) is 1.69. The van der Waals surface area contributed by atoms with E-state index in [1.165, 1.54) is 20.7 Å². The van der Waals surface area contributed by atoms with Gasteiger partial charge in [-0.2, -0.15) is 0 Å². The zero-order chi connectivity index (χ0) is 9.26. The summed E-state index contributed by atoms with van der Waals surface area (Å²) in [6, 6.07) is 6.53. The number of benzene rings is 1. The van der Waals surface area contributed by atoms with E-state index in [9.17, 15) is 0 Å². The molecule has 0 saturated carbocycles. The normalized spacial score (nSPS) is 20.3. The SMILES string of the molecule is NCCC1CSc2ccc(Br)cc21. The summed E-state index contributed by atoms with van der Waals surface area (Å²) in [5.41, 5.74) is 7.06. The number of fused-ring (bicyclic) bond motifs is 1. The molecular formula is C10H12BrNS. The summed E-state index contributed by atoms with van der Waals surface area (Å²) in [7, 11) is 0. The quantitative estimate of drug-likeness (QED) is 0.882. The first-order valence-electron chi connectivity index (χ1n) is 4.43.